The number of aromatic nitrogens is 3. The van der Waals surface area contributed by atoms with Gasteiger partial charge in [-0.1, -0.05) is 17.8 Å². The summed E-state index contributed by atoms with van der Waals surface area (Å²) in [5.41, 5.74) is 0.181. The largest absolute Gasteiger partial charge is 0.416 e. The number of nitrogens with one attached hydrogen (secondary N) is 1. The molecule has 0 radical (unpaired) electrons. The molecule has 0 aliphatic heterocycles. The average Bonchev–Trinajstić information content (AvgIpc) is 2.94. The Labute approximate surface area is 139 Å². The molecule has 0 atom stereocenters. The van der Waals surface area contributed by atoms with Crippen LogP contribution < -0.4 is 0 Å². The standard InChI is InChI=1S/C15H10F3N3S2/c16-15(17,18)10-2-1-3-13(8-10)23-12-6-4-11(5-7-12)21-9-19-20-14(21)22/h1-9H,(H,20,22). The number of benzene rings is 2. The van der Waals surface area contributed by atoms with E-state index in [-0.39, 0.29) is 0 Å². The molecule has 0 aliphatic carbocycles. The molecule has 0 aliphatic rings. The van der Waals surface area contributed by atoms with Gasteiger partial charge in [0.05, 0.1) is 5.56 Å². The molecule has 1 aromatic heterocycles. The third-order valence-electron chi connectivity index (χ3n) is 3.06. The first-order chi connectivity index (χ1) is 10.9. The highest BCUT2D eigenvalue weighted by atomic mass is 32.2. The van der Waals surface area contributed by atoms with Gasteiger partial charge in [-0.3, -0.25) is 9.67 Å². The molecule has 3 nitrogen and oxygen atoms in total. The minimum Gasteiger partial charge on any atom is -0.275 e. The lowest BCUT2D eigenvalue weighted by molar-refractivity contribution is -0.137. The van der Waals surface area contributed by atoms with Crippen LogP contribution in [0.3, 0.4) is 0 Å². The van der Waals surface area contributed by atoms with E-state index in [1.165, 1.54) is 17.8 Å². The van der Waals surface area contributed by atoms with Crippen LogP contribution >= 0.6 is 24.0 Å². The summed E-state index contributed by atoms with van der Waals surface area (Å²) >= 11 is 6.36. The maximum atomic E-state index is 12.7. The molecule has 0 bridgehead atoms. The number of H-pyrrole nitrogens is 1. The lowest BCUT2D eigenvalue weighted by Crippen LogP contribution is -2.04. The topological polar surface area (TPSA) is 33.6 Å². The van der Waals surface area contributed by atoms with Crippen molar-refractivity contribution in [3.8, 4) is 5.69 Å². The van der Waals surface area contributed by atoms with E-state index >= 15 is 0 Å². The average molecular weight is 353 g/mol. The third-order valence-corrected chi connectivity index (χ3v) is 4.35. The molecule has 1 N–H and O–H groups in total. The van der Waals surface area contributed by atoms with Gasteiger partial charge in [0.1, 0.15) is 6.33 Å². The van der Waals surface area contributed by atoms with Crippen molar-refractivity contribution < 1.29 is 13.2 Å². The molecule has 0 saturated heterocycles. The van der Waals surface area contributed by atoms with Crippen LogP contribution in [0.4, 0.5) is 13.2 Å². The van der Waals surface area contributed by atoms with Gasteiger partial charge in [-0.25, -0.2) is 0 Å². The molecule has 2 aromatic carbocycles. The van der Waals surface area contributed by atoms with Gasteiger partial charge in [-0.2, -0.15) is 18.3 Å². The van der Waals surface area contributed by atoms with E-state index in [4.69, 9.17) is 12.2 Å². The highest BCUT2D eigenvalue weighted by Gasteiger charge is 2.30. The number of aromatic amines is 1. The number of hydrogen-bond acceptors (Lipinski definition) is 3. The Kier molecular flexibility index (Phi) is 4.27. The molecule has 0 saturated carbocycles. The second kappa shape index (κ2) is 6.21. The van der Waals surface area contributed by atoms with Gasteiger partial charge in [0, 0.05) is 15.5 Å². The Morgan fingerprint density at radius 2 is 1.78 bits per heavy atom. The van der Waals surface area contributed by atoms with Crippen molar-refractivity contribution in [2.24, 2.45) is 0 Å². The fraction of sp³-hybridized carbons (Fsp3) is 0.0667. The third kappa shape index (κ3) is 3.65. The molecular formula is C15H10F3N3S2. The molecular weight excluding hydrogens is 343 g/mol. The van der Waals surface area contributed by atoms with Crippen LogP contribution in [-0.4, -0.2) is 14.8 Å². The number of nitrogens with zero attached hydrogens (tertiary/aromatic N) is 2. The van der Waals surface area contributed by atoms with Gasteiger partial charge >= 0.3 is 6.18 Å². The zero-order valence-electron chi connectivity index (χ0n) is 11.5. The van der Waals surface area contributed by atoms with E-state index in [0.717, 1.165) is 22.7 Å². The van der Waals surface area contributed by atoms with Crippen molar-refractivity contribution in [3.05, 3.63) is 65.2 Å². The maximum absolute atomic E-state index is 12.7. The number of alkyl halides is 3. The summed E-state index contributed by atoms with van der Waals surface area (Å²) in [4.78, 5) is 1.37. The van der Waals surface area contributed by atoms with Crippen molar-refractivity contribution >= 4 is 24.0 Å². The fourth-order valence-electron chi connectivity index (χ4n) is 1.98. The van der Waals surface area contributed by atoms with Crippen LogP contribution in [0.1, 0.15) is 5.56 Å². The van der Waals surface area contributed by atoms with Crippen LogP contribution in [-0.2, 0) is 6.18 Å². The number of hydrogen-bond donors (Lipinski definition) is 1. The van der Waals surface area contributed by atoms with Crippen molar-refractivity contribution in [3.63, 3.8) is 0 Å². The van der Waals surface area contributed by atoms with Gasteiger partial charge in [0.2, 0.25) is 0 Å². The van der Waals surface area contributed by atoms with Crippen LogP contribution in [0.5, 0.6) is 0 Å². The zero-order chi connectivity index (χ0) is 16.4. The van der Waals surface area contributed by atoms with Gasteiger partial charge in [-0.15, -0.1) is 0 Å². The first-order valence-electron chi connectivity index (χ1n) is 6.51. The van der Waals surface area contributed by atoms with E-state index in [1.807, 2.05) is 24.3 Å². The molecule has 1 heterocycles. The van der Waals surface area contributed by atoms with Gasteiger partial charge in [-0.05, 0) is 54.7 Å². The van der Waals surface area contributed by atoms with E-state index < -0.39 is 11.7 Å². The number of rotatable bonds is 3. The lowest BCUT2D eigenvalue weighted by Gasteiger charge is -2.09. The fourth-order valence-corrected chi connectivity index (χ4v) is 3.06. The summed E-state index contributed by atoms with van der Waals surface area (Å²) in [5, 5.41) is 6.50. The van der Waals surface area contributed by atoms with Crippen LogP contribution in [0, 0.1) is 4.77 Å². The summed E-state index contributed by atoms with van der Waals surface area (Å²) in [7, 11) is 0. The zero-order valence-corrected chi connectivity index (χ0v) is 13.2. The first kappa shape index (κ1) is 15.8. The summed E-state index contributed by atoms with van der Waals surface area (Å²) in [6, 6.07) is 12.6. The molecule has 0 spiro atoms. The summed E-state index contributed by atoms with van der Waals surface area (Å²) in [6.45, 7) is 0. The molecule has 0 unspecified atom stereocenters. The summed E-state index contributed by atoms with van der Waals surface area (Å²) in [6.07, 6.45) is -2.77. The Bertz CT molecular complexity index is 866. The van der Waals surface area contributed by atoms with Crippen LogP contribution in [0.15, 0.2) is 64.6 Å². The van der Waals surface area contributed by atoms with Crippen molar-refractivity contribution in [2.75, 3.05) is 0 Å². The number of halogens is 3. The maximum Gasteiger partial charge on any atom is 0.416 e. The summed E-state index contributed by atoms with van der Waals surface area (Å²) < 4.78 is 40.3. The molecule has 23 heavy (non-hydrogen) atoms. The van der Waals surface area contributed by atoms with E-state index in [0.29, 0.717) is 9.67 Å². The Hall–Kier alpha value is -2.06. The molecule has 8 heteroatoms. The van der Waals surface area contributed by atoms with E-state index in [9.17, 15) is 13.2 Å². The minimum atomic E-state index is -4.34. The van der Waals surface area contributed by atoms with Gasteiger partial charge in [0.15, 0.2) is 4.77 Å². The smallest absolute Gasteiger partial charge is 0.275 e. The van der Waals surface area contributed by atoms with Crippen molar-refractivity contribution in [2.45, 2.75) is 16.0 Å². The Morgan fingerprint density at radius 3 is 2.39 bits per heavy atom. The predicted octanol–water partition coefficient (Wildman–Crippen LogP) is 5.10. The van der Waals surface area contributed by atoms with Gasteiger partial charge in [0.25, 0.3) is 0 Å². The van der Waals surface area contributed by atoms with E-state index in [2.05, 4.69) is 10.2 Å². The van der Waals surface area contributed by atoms with Crippen LogP contribution in [0.25, 0.3) is 5.69 Å². The lowest BCUT2D eigenvalue weighted by atomic mass is 10.2. The SMILES string of the molecule is FC(F)(F)c1cccc(Sc2ccc(-n3cn[nH]c3=S)cc2)c1. The molecule has 3 rings (SSSR count). The monoisotopic (exact) mass is 353 g/mol. The van der Waals surface area contributed by atoms with E-state index in [1.54, 1.807) is 17.0 Å². The quantitative estimate of drug-likeness (QED) is 0.665. The Morgan fingerprint density at radius 1 is 1.04 bits per heavy atom. The Balaban J connectivity index is 1.82. The van der Waals surface area contributed by atoms with Gasteiger partial charge < -0.3 is 0 Å². The second-order valence-corrected chi connectivity index (χ2v) is 6.19. The first-order valence-corrected chi connectivity index (χ1v) is 7.73. The molecule has 118 valence electrons. The molecule has 3 aromatic rings. The van der Waals surface area contributed by atoms with Crippen molar-refractivity contribution in [1.29, 1.82) is 0 Å². The van der Waals surface area contributed by atoms with Crippen LogP contribution in [0.2, 0.25) is 0 Å². The second-order valence-electron chi connectivity index (χ2n) is 4.65. The molecule has 0 fully saturated rings. The normalized spacial score (nSPS) is 11.6. The predicted molar refractivity (Wildman–Crippen MR) is 84.3 cm³/mol. The minimum absolute atomic E-state index is 0.475. The highest BCUT2D eigenvalue weighted by molar-refractivity contribution is 7.99. The molecule has 0 amide bonds. The highest BCUT2D eigenvalue weighted by Crippen LogP contribution is 2.34. The van der Waals surface area contributed by atoms with Crippen molar-refractivity contribution in [1.82, 2.24) is 14.8 Å². The summed E-state index contributed by atoms with van der Waals surface area (Å²) in [5.74, 6) is 0.